The molecule has 1 saturated heterocycles. The fourth-order valence-corrected chi connectivity index (χ4v) is 3.57. The first-order valence-corrected chi connectivity index (χ1v) is 9.43. The summed E-state index contributed by atoms with van der Waals surface area (Å²) in [6, 6.07) is 3.30. The summed E-state index contributed by atoms with van der Waals surface area (Å²) in [6.45, 7) is 7.51. The van der Waals surface area contributed by atoms with Gasteiger partial charge in [0.25, 0.3) is 5.91 Å². The zero-order chi connectivity index (χ0) is 19.5. The molecule has 1 aliphatic heterocycles. The Morgan fingerprint density at radius 2 is 2.00 bits per heavy atom. The van der Waals surface area contributed by atoms with Crippen molar-refractivity contribution in [3.8, 4) is 0 Å². The molecule has 0 unspecified atom stereocenters. The van der Waals surface area contributed by atoms with Crippen LogP contribution in [0.1, 0.15) is 37.4 Å². The van der Waals surface area contributed by atoms with Crippen LogP contribution < -0.4 is 5.32 Å². The highest BCUT2D eigenvalue weighted by Crippen LogP contribution is 2.24. The number of amides is 2. The van der Waals surface area contributed by atoms with Gasteiger partial charge in [-0.25, -0.2) is 4.79 Å². The maximum atomic E-state index is 12.3. The van der Waals surface area contributed by atoms with Gasteiger partial charge in [0.05, 0.1) is 15.8 Å². The molecule has 26 heavy (non-hydrogen) atoms. The predicted octanol–water partition coefficient (Wildman–Crippen LogP) is 2.93. The number of rotatable bonds is 4. The monoisotopic (exact) mass is 402 g/mol. The number of nitrogens with one attached hydrogen (secondary N) is 1. The zero-order valence-electron chi connectivity index (χ0n) is 15.2. The molecule has 2 heterocycles. The number of carbonyl (C=O) groups excluding carboxylic acids is 3. The van der Waals surface area contributed by atoms with E-state index < -0.39 is 23.8 Å². The van der Waals surface area contributed by atoms with Gasteiger partial charge in [-0.1, -0.05) is 11.6 Å². The van der Waals surface area contributed by atoms with Crippen molar-refractivity contribution in [3.05, 3.63) is 21.3 Å². The van der Waals surface area contributed by atoms with E-state index in [4.69, 9.17) is 21.1 Å². The Hall–Kier alpha value is -1.80. The van der Waals surface area contributed by atoms with Crippen molar-refractivity contribution in [1.82, 2.24) is 10.2 Å². The lowest BCUT2D eigenvalue weighted by molar-refractivity contribution is -0.147. The molecule has 0 radical (unpaired) electrons. The number of esters is 1. The number of thiophene rings is 1. The normalized spacial score (nSPS) is 20.0. The van der Waals surface area contributed by atoms with Crippen molar-refractivity contribution < 1.29 is 23.9 Å². The minimum absolute atomic E-state index is 0.217. The Labute approximate surface area is 161 Å². The molecule has 0 spiro atoms. The first-order valence-electron chi connectivity index (χ1n) is 8.24. The van der Waals surface area contributed by atoms with Gasteiger partial charge in [-0.05, 0) is 32.9 Å². The molecule has 1 N–H and O–H groups in total. The van der Waals surface area contributed by atoms with Gasteiger partial charge in [-0.3, -0.25) is 9.59 Å². The Morgan fingerprint density at radius 1 is 1.31 bits per heavy atom. The largest absolute Gasteiger partial charge is 0.460 e. The first-order chi connectivity index (χ1) is 12.0. The van der Waals surface area contributed by atoms with E-state index in [0.29, 0.717) is 15.8 Å². The number of hydrogen-bond acceptors (Lipinski definition) is 6. The van der Waals surface area contributed by atoms with Crippen molar-refractivity contribution in [1.29, 1.82) is 0 Å². The minimum atomic E-state index is -0.612. The van der Waals surface area contributed by atoms with Crippen LogP contribution in [0.4, 0.5) is 4.79 Å². The van der Waals surface area contributed by atoms with Crippen molar-refractivity contribution in [2.75, 3.05) is 19.6 Å². The van der Waals surface area contributed by atoms with Crippen LogP contribution in [-0.2, 0) is 14.3 Å². The average molecular weight is 403 g/mol. The fourth-order valence-electron chi connectivity index (χ4n) is 2.61. The maximum Gasteiger partial charge on any atom is 0.410 e. The van der Waals surface area contributed by atoms with E-state index in [1.54, 1.807) is 32.9 Å². The second kappa shape index (κ2) is 8.26. The predicted molar refractivity (Wildman–Crippen MR) is 98.5 cm³/mol. The van der Waals surface area contributed by atoms with Crippen LogP contribution in [0, 0.1) is 5.92 Å². The first kappa shape index (κ1) is 20.5. The lowest BCUT2D eigenvalue weighted by Gasteiger charge is -2.24. The van der Waals surface area contributed by atoms with E-state index in [2.05, 4.69) is 5.32 Å². The number of carbonyl (C=O) groups is 3. The molecule has 1 aliphatic rings. The second-order valence-electron chi connectivity index (χ2n) is 7.11. The lowest BCUT2D eigenvalue weighted by Crippen LogP contribution is -2.36. The molecule has 9 heteroatoms. The molecule has 0 saturated carbocycles. The Morgan fingerprint density at radius 3 is 2.54 bits per heavy atom. The SMILES string of the molecule is CC(=O)O[C@@H]1CN(C(=O)OC(C)(C)C)C[C@@H]1CNC(=O)c1ccc(Cl)s1. The number of nitrogens with zero attached hydrogens (tertiary/aromatic N) is 1. The van der Waals surface area contributed by atoms with Gasteiger partial charge in [-0.15, -0.1) is 11.3 Å². The summed E-state index contributed by atoms with van der Waals surface area (Å²) < 4.78 is 11.2. The molecular formula is C17H23ClN2O5S. The average Bonchev–Trinajstić information content (AvgIpc) is 3.09. The van der Waals surface area contributed by atoms with E-state index in [1.165, 1.54) is 23.2 Å². The van der Waals surface area contributed by atoms with E-state index in [1.807, 2.05) is 0 Å². The molecule has 144 valence electrons. The van der Waals surface area contributed by atoms with Gasteiger partial charge < -0.3 is 19.7 Å². The highest BCUT2D eigenvalue weighted by Gasteiger charge is 2.39. The molecular weight excluding hydrogens is 380 g/mol. The highest BCUT2D eigenvalue weighted by atomic mass is 35.5. The van der Waals surface area contributed by atoms with Crippen LogP contribution in [0.15, 0.2) is 12.1 Å². The summed E-state index contributed by atoms with van der Waals surface area (Å²) >= 11 is 7.03. The molecule has 1 aromatic heterocycles. The number of ether oxygens (including phenoxy) is 2. The van der Waals surface area contributed by atoms with Gasteiger partial charge in [0, 0.05) is 25.9 Å². The van der Waals surface area contributed by atoms with Crippen LogP contribution in [0.5, 0.6) is 0 Å². The van der Waals surface area contributed by atoms with E-state index in [9.17, 15) is 14.4 Å². The Balaban J connectivity index is 1.98. The maximum absolute atomic E-state index is 12.3. The zero-order valence-corrected chi connectivity index (χ0v) is 16.8. The summed E-state index contributed by atoms with van der Waals surface area (Å²) in [7, 11) is 0. The molecule has 0 bridgehead atoms. The summed E-state index contributed by atoms with van der Waals surface area (Å²) in [6.07, 6.45) is -0.958. The van der Waals surface area contributed by atoms with Crippen molar-refractivity contribution >= 4 is 40.9 Å². The third-order valence-corrected chi connectivity index (χ3v) is 4.90. The quantitative estimate of drug-likeness (QED) is 0.782. The molecule has 0 aliphatic carbocycles. The molecule has 1 fully saturated rings. The van der Waals surface area contributed by atoms with Gasteiger partial charge in [-0.2, -0.15) is 0 Å². The summed E-state index contributed by atoms with van der Waals surface area (Å²) in [4.78, 5) is 37.8. The summed E-state index contributed by atoms with van der Waals surface area (Å²) in [5, 5.41) is 2.81. The topological polar surface area (TPSA) is 84.9 Å². The van der Waals surface area contributed by atoms with Crippen LogP contribution in [0.2, 0.25) is 4.34 Å². The fraction of sp³-hybridized carbons (Fsp3) is 0.588. The van der Waals surface area contributed by atoms with Gasteiger partial charge in [0.15, 0.2) is 0 Å². The third-order valence-electron chi connectivity index (χ3n) is 3.67. The van der Waals surface area contributed by atoms with Crippen LogP contribution in [-0.4, -0.2) is 54.2 Å². The highest BCUT2D eigenvalue weighted by molar-refractivity contribution is 7.17. The van der Waals surface area contributed by atoms with E-state index in [-0.39, 0.29) is 24.9 Å². The Kier molecular flexibility index (Phi) is 6.52. The van der Waals surface area contributed by atoms with Gasteiger partial charge in [0.2, 0.25) is 0 Å². The second-order valence-corrected chi connectivity index (χ2v) is 8.82. The lowest BCUT2D eigenvalue weighted by atomic mass is 10.1. The van der Waals surface area contributed by atoms with E-state index >= 15 is 0 Å². The number of hydrogen-bond donors (Lipinski definition) is 1. The number of likely N-dealkylation sites (tertiary alicyclic amines) is 1. The molecule has 2 atom stereocenters. The Bertz CT molecular complexity index is 685. The number of halogens is 1. The molecule has 7 nitrogen and oxygen atoms in total. The smallest absolute Gasteiger partial charge is 0.410 e. The van der Waals surface area contributed by atoms with Crippen LogP contribution >= 0.6 is 22.9 Å². The van der Waals surface area contributed by atoms with E-state index in [0.717, 1.165) is 0 Å². The molecule has 2 rings (SSSR count). The molecule has 1 aromatic rings. The molecule has 2 amide bonds. The van der Waals surface area contributed by atoms with Crippen LogP contribution in [0.25, 0.3) is 0 Å². The standard InChI is InChI=1S/C17H23ClN2O5S/c1-10(21)24-12-9-20(16(23)25-17(2,3)4)8-11(12)7-19-15(22)13-5-6-14(18)26-13/h5-6,11-12H,7-9H2,1-4H3,(H,19,22)/t11-,12+/m0/s1. The summed E-state index contributed by atoms with van der Waals surface area (Å²) in [5.41, 5.74) is -0.612. The minimum Gasteiger partial charge on any atom is -0.460 e. The van der Waals surface area contributed by atoms with Gasteiger partial charge in [0.1, 0.15) is 11.7 Å². The molecule has 0 aromatic carbocycles. The van der Waals surface area contributed by atoms with Crippen molar-refractivity contribution in [3.63, 3.8) is 0 Å². The van der Waals surface area contributed by atoms with Crippen molar-refractivity contribution in [2.24, 2.45) is 5.92 Å². The van der Waals surface area contributed by atoms with Crippen molar-refractivity contribution in [2.45, 2.75) is 39.4 Å². The van der Waals surface area contributed by atoms with Gasteiger partial charge >= 0.3 is 12.1 Å². The summed E-state index contributed by atoms with van der Waals surface area (Å²) in [5.74, 6) is -0.896. The van der Waals surface area contributed by atoms with Crippen LogP contribution in [0.3, 0.4) is 0 Å². The third kappa shape index (κ3) is 5.88.